The molecule has 2 N–H and O–H groups in total. The van der Waals surface area contributed by atoms with E-state index in [0.717, 1.165) is 25.9 Å². The summed E-state index contributed by atoms with van der Waals surface area (Å²) in [6.07, 6.45) is 8.70. The van der Waals surface area contributed by atoms with Gasteiger partial charge in [0.1, 0.15) is 0 Å². The zero-order valence-electron chi connectivity index (χ0n) is 11.9. The lowest BCUT2D eigenvalue weighted by atomic mass is 9.81. The van der Waals surface area contributed by atoms with Crippen molar-refractivity contribution in [2.45, 2.75) is 64.8 Å². The predicted octanol–water partition coefficient (Wildman–Crippen LogP) is 2.46. The fraction of sp³-hybridized carbons (Fsp3) is 0.933. The van der Waals surface area contributed by atoms with Crippen LogP contribution in [-0.4, -0.2) is 25.0 Å². The first-order valence-electron chi connectivity index (χ1n) is 7.67. The first-order chi connectivity index (χ1) is 8.65. The maximum atomic E-state index is 12.4. The molecule has 2 rings (SSSR count). The molecular formula is C15H28N2O. The molecule has 0 aromatic carbocycles. The number of carbonyl (C=O) groups is 1. The number of hydrogen-bond acceptors (Lipinski definition) is 2. The Morgan fingerprint density at radius 2 is 2.11 bits per heavy atom. The van der Waals surface area contributed by atoms with Gasteiger partial charge in [-0.3, -0.25) is 4.79 Å². The molecule has 0 spiro atoms. The van der Waals surface area contributed by atoms with Crippen molar-refractivity contribution < 1.29 is 4.79 Å². The van der Waals surface area contributed by atoms with Crippen molar-refractivity contribution in [3.63, 3.8) is 0 Å². The Labute approximate surface area is 111 Å². The molecule has 2 unspecified atom stereocenters. The van der Waals surface area contributed by atoms with Gasteiger partial charge >= 0.3 is 0 Å². The summed E-state index contributed by atoms with van der Waals surface area (Å²) >= 11 is 0. The number of amides is 1. The Morgan fingerprint density at radius 3 is 2.67 bits per heavy atom. The highest BCUT2D eigenvalue weighted by molar-refractivity contribution is 5.83. The fourth-order valence-electron chi connectivity index (χ4n) is 3.44. The molecule has 0 radical (unpaired) electrons. The molecule has 1 saturated carbocycles. The third-order valence-corrected chi connectivity index (χ3v) is 4.89. The quantitative estimate of drug-likeness (QED) is 0.807. The van der Waals surface area contributed by atoms with Crippen LogP contribution in [0.5, 0.6) is 0 Å². The largest absolute Gasteiger partial charge is 0.353 e. The maximum Gasteiger partial charge on any atom is 0.227 e. The van der Waals surface area contributed by atoms with Gasteiger partial charge < -0.3 is 10.6 Å². The van der Waals surface area contributed by atoms with Crippen molar-refractivity contribution in [1.29, 1.82) is 0 Å². The predicted molar refractivity (Wildman–Crippen MR) is 74.4 cm³/mol. The van der Waals surface area contributed by atoms with E-state index < -0.39 is 0 Å². The minimum absolute atomic E-state index is 0.178. The van der Waals surface area contributed by atoms with E-state index >= 15 is 0 Å². The Bertz CT molecular complexity index is 278. The van der Waals surface area contributed by atoms with Crippen LogP contribution in [0.2, 0.25) is 0 Å². The van der Waals surface area contributed by atoms with Gasteiger partial charge in [-0.25, -0.2) is 0 Å². The van der Waals surface area contributed by atoms with E-state index in [-0.39, 0.29) is 11.3 Å². The van der Waals surface area contributed by atoms with E-state index in [9.17, 15) is 4.79 Å². The zero-order chi connectivity index (χ0) is 13.0. The standard InChI is InChI=1S/C15H28N2O/c1-3-13(12-7-5-4-6-8-12)17-14(18)15(2)9-10-16-11-15/h12-13,16H,3-11H2,1-2H3,(H,17,18). The van der Waals surface area contributed by atoms with Gasteiger partial charge in [0.2, 0.25) is 5.91 Å². The monoisotopic (exact) mass is 252 g/mol. The maximum absolute atomic E-state index is 12.4. The molecule has 1 saturated heterocycles. The first-order valence-corrected chi connectivity index (χ1v) is 7.67. The van der Waals surface area contributed by atoms with Crippen LogP contribution < -0.4 is 10.6 Å². The lowest BCUT2D eigenvalue weighted by Crippen LogP contribution is -2.48. The summed E-state index contributed by atoms with van der Waals surface area (Å²) in [4.78, 5) is 12.4. The van der Waals surface area contributed by atoms with Crippen molar-refractivity contribution in [1.82, 2.24) is 10.6 Å². The summed E-state index contributed by atoms with van der Waals surface area (Å²) in [6, 6.07) is 0.398. The molecule has 18 heavy (non-hydrogen) atoms. The molecule has 0 bridgehead atoms. The van der Waals surface area contributed by atoms with Crippen molar-refractivity contribution in [3.8, 4) is 0 Å². The summed E-state index contributed by atoms with van der Waals surface area (Å²) in [7, 11) is 0. The average molecular weight is 252 g/mol. The van der Waals surface area contributed by atoms with Crippen LogP contribution >= 0.6 is 0 Å². The minimum atomic E-state index is -0.178. The van der Waals surface area contributed by atoms with Crippen LogP contribution in [0.3, 0.4) is 0 Å². The third-order valence-electron chi connectivity index (χ3n) is 4.89. The van der Waals surface area contributed by atoms with Crippen molar-refractivity contribution >= 4 is 5.91 Å². The summed E-state index contributed by atoms with van der Waals surface area (Å²) < 4.78 is 0. The first kappa shape index (κ1) is 13.9. The molecule has 0 aromatic rings. The average Bonchev–Trinajstić information content (AvgIpc) is 2.85. The molecule has 2 fully saturated rings. The topological polar surface area (TPSA) is 41.1 Å². The lowest BCUT2D eigenvalue weighted by Gasteiger charge is -2.33. The molecule has 1 aliphatic carbocycles. The molecule has 104 valence electrons. The zero-order valence-corrected chi connectivity index (χ0v) is 11.9. The second-order valence-electron chi connectivity index (χ2n) is 6.37. The van der Waals surface area contributed by atoms with Gasteiger partial charge in [0.25, 0.3) is 0 Å². The lowest BCUT2D eigenvalue weighted by molar-refractivity contribution is -0.130. The Hall–Kier alpha value is -0.570. The van der Waals surface area contributed by atoms with E-state index in [1.807, 2.05) is 0 Å². The van der Waals surface area contributed by atoms with Crippen molar-refractivity contribution in [2.24, 2.45) is 11.3 Å². The van der Waals surface area contributed by atoms with Gasteiger partial charge in [-0.05, 0) is 45.1 Å². The summed E-state index contributed by atoms with van der Waals surface area (Å²) in [5, 5.41) is 6.64. The summed E-state index contributed by atoms with van der Waals surface area (Å²) in [6.45, 7) is 6.11. The molecule has 2 atom stereocenters. The van der Waals surface area contributed by atoms with E-state index in [0.29, 0.717) is 12.0 Å². The third kappa shape index (κ3) is 3.05. The molecule has 0 aromatic heterocycles. The fourth-order valence-corrected chi connectivity index (χ4v) is 3.44. The molecule has 3 nitrogen and oxygen atoms in total. The SMILES string of the molecule is CCC(NC(=O)C1(C)CCNC1)C1CCCCC1. The Kier molecular flexibility index (Phi) is 4.66. The molecule has 2 aliphatic rings. The second-order valence-corrected chi connectivity index (χ2v) is 6.37. The molecule has 1 aliphatic heterocycles. The van der Waals surface area contributed by atoms with Gasteiger partial charge in [-0.15, -0.1) is 0 Å². The highest BCUT2D eigenvalue weighted by atomic mass is 16.2. The van der Waals surface area contributed by atoms with Gasteiger partial charge in [-0.2, -0.15) is 0 Å². The van der Waals surface area contributed by atoms with Crippen LogP contribution in [0.4, 0.5) is 0 Å². The van der Waals surface area contributed by atoms with Gasteiger partial charge in [-0.1, -0.05) is 26.2 Å². The Morgan fingerprint density at radius 1 is 1.39 bits per heavy atom. The van der Waals surface area contributed by atoms with Gasteiger partial charge in [0.15, 0.2) is 0 Å². The number of hydrogen-bond donors (Lipinski definition) is 2. The molecule has 3 heteroatoms. The van der Waals surface area contributed by atoms with Crippen LogP contribution in [0, 0.1) is 11.3 Å². The number of carbonyl (C=O) groups excluding carboxylic acids is 1. The van der Waals surface area contributed by atoms with E-state index in [4.69, 9.17) is 0 Å². The van der Waals surface area contributed by atoms with Gasteiger partial charge in [0, 0.05) is 12.6 Å². The van der Waals surface area contributed by atoms with E-state index in [1.54, 1.807) is 0 Å². The van der Waals surface area contributed by atoms with Crippen molar-refractivity contribution in [3.05, 3.63) is 0 Å². The minimum Gasteiger partial charge on any atom is -0.353 e. The normalized spacial score (nSPS) is 31.2. The number of rotatable bonds is 4. The van der Waals surface area contributed by atoms with Gasteiger partial charge in [0.05, 0.1) is 5.41 Å². The van der Waals surface area contributed by atoms with Crippen LogP contribution in [0.25, 0.3) is 0 Å². The smallest absolute Gasteiger partial charge is 0.227 e. The Balaban J connectivity index is 1.90. The van der Waals surface area contributed by atoms with Crippen LogP contribution in [0.1, 0.15) is 58.8 Å². The van der Waals surface area contributed by atoms with Crippen LogP contribution in [-0.2, 0) is 4.79 Å². The van der Waals surface area contributed by atoms with Crippen molar-refractivity contribution in [2.75, 3.05) is 13.1 Å². The second kappa shape index (κ2) is 6.05. The highest BCUT2D eigenvalue weighted by Gasteiger charge is 2.37. The number of nitrogens with one attached hydrogen (secondary N) is 2. The highest BCUT2D eigenvalue weighted by Crippen LogP contribution is 2.30. The van der Waals surface area contributed by atoms with Crippen LogP contribution in [0.15, 0.2) is 0 Å². The van der Waals surface area contributed by atoms with E-state index in [1.165, 1.54) is 32.1 Å². The summed E-state index contributed by atoms with van der Waals surface area (Å²) in [5.74, 6) is 0.982. The van der Waals surface area contributed by atoms with E-state index in [2.05, 4.69) is 24.5 Å². The molecular weight excluding hydrogens is 224 g/mol. The summed E-state index contributed by atoms with van der Waals surface area (Å²) in [5.41, 5.74) is -0.178. The molecule has 1 amide bonds. The molecule has 1 heterocycles.